The van der Waals surface area contributed by atoms with Gasteiger partial charge >= 0.3 is 0 Å². The second kappa shape index (κ2) is 4.94. The van der Waals surface area contributed by atoms with E-state index in [1.165, 1.54) is 24.3 Å². The highest BCUT2D eigenvalue weighted by Crippen LogP contribution is 2.26. The minimum atomic E-state index is -0.548. The third-order valence-corrected chi connectivity index (χ3v) is 3.02. The zero-order chi connectivity index (χ0) is 14.1. The molecule has 2 aromatic carbocycles. The van der Waals surface area contributed by atoms with Crippen LogP contribution in [0.25, 0.3) is 22.8 Å². The molecule has 1 aromatic heterocycles. The molecule has 0 bridgehead atoms. The first kappa shape index (κ1) is 12.6. The van der Waals surface area contributed by atoms with E-state index in [0.29, 0.717) is 17.0 Å². The molecule has 0 amide bonds. The van der Waals surface area contributed by atoms with Crippen LogP contribution in [0.1, 0.15) is 0 Å². The first-order valence-electron chi connectivity index (χ1n) is 5.72. The van der Waals surface area contributed by atoms with Crippen LogP contribution in [-0.2, 0) is 0 Å². The third-order valence-electron chi connectivity index (χ3n) is 2.72. The molecular weight excluding hydrogens is 283 g/mol. The molecule has 0 aliphatic heterocycles. The van der Waals surface area contributed by atoms with Crippen molar-refractivity contribution in [2.45, 2.75) is 0 Å². The monoisotopic (exact) mass is 290 g/mol. The Balaban J connectivity index is 1.97. The molecule has 0 spiro atoms. The molecule has 0 saturated heterocycles. The van der Waals surface area contributed by atoms with E-state index in [0.717, 1.165) is 0 Å². The summed E-state index contributed by atoms with van der Waals surface area (Å²) in [6, 6.07) is 10.6. The van der Waals surface area contributed by atoms with Gasteiger partial charge < -0.3 is 9.63 Å². The van der Waals surface area contributed by atoms with Crippen LogP contribution in [-0.4, -0.2) is 15.2 Å². The summed E-state index contributed by atoms with van der Waals surface area (Å²) in [7, 11) is 0. The van der Waals surface area contributed by atoms with Crippen LogP contribution in [0.2, 0.25) is 5.02 Å². The molecule has 0 aliphatic rings. The number of phenols is 1. The van der Waals surface area contributed by atoms with Crippen molar-refractivity contribution in [2.75, 3.05) is 0 Å². The molecule has 0 radical (unpaired) electrons. The van der Waals surface area contributed by atoms with E-state index in [-0.39, 0.29) is 16.7 Å². The van der Waals surface area contributed by atoms with E-state index >= 15 is 0 Å². The standard InChI is InChI=1S/C14H8ClFN2O2/c15-11-6-3-9(7-12(11)16)14-17-13(18-20-14)8-1-4-10(19)5-2-8/h1-7,19H. The van der Waals surface area contributed by atoms with Gasteiger partial charge in [0.25, 0.3) is 5.89 Å². The van der Waals surface area contributed by atoms with E-state index in [2.05, 4.69) is 10.1 Å². The van der Waals surface area contributed by atoms with E-state index in [9.17, 15) is 9.50 Å². The number of aromatic hydroxyl groups is 1. The van der Waals surface area contributed by atoms with Crippen molar-refractivity contribution in [3.8, 4) is 28.6 Å². The minimum Gasteiger partial charge on any atom is -0.508 e. The van der Waals surface area contributed by atoms with Crippen LogP contribution >= 0.6 is 11.6 Å². The maximum atomic E-state index is 13.4. The Morgan fingerprint density at radius 1 is 1.05 bits per heavy atom. The predicted octanol–water partition coefficient (Wildman–Crippen LogP) is 3.90. The van der Waals surface area contributed by atoms with Gasteiger partial charge in [-0.15, -0.1) is 0 Å². The van der Waals surface area contributed by atoms with Crippen LogP contribution in [0.4, 0.5) is 4.39 Å². The lowest BCUT2D eigenvalue weighted by Crippen LogP contribution is -1.83. The average molecular weight is 291 g/mol. The van der Waals surface area contributed by atoms with Crippen LogP contribution in [0.15, 0.2) is 47.0 Å². The molecule has 0 aliphatic carbocycles. The summed E-state index contributed by atoms with van der Waals surface area (Å²) < 4.78 is 18.5. The van der Waals surface area contributed by atoms with Crippen molar-refractivity contribution in [2.24, 2.45) is 0 Å². The molecule has 100 valence electrons. The van der Waals surface area contributed by atoms with Gasteiger partial charge in [-0.1, -0.05) is 16.8 Å². The highest BCUT2D eigenvalue weighted by molar-refractivity contribution is 6.30. The molecule has 0 saturated carbocycles. The Labute approximate surface area is 118 Å². The number of benzene rings is 2. The Morgan fingerprint density at radius 3 is 2.45 bits per heavy atom. The molecule has 0 atom stereocenters. The Hall–Kier alpha value is -2.40. The van der Waals surface area contributed by atoms with Gasteiger partial charge in [0, 0.05) is 11.1 Å². The van der Waals surface area contributed by atoms with Gasteiger partial charge in [-0.3, -0.25) is 0 Å². The van der Waals surface area contributed by atoms with Gasteiger partial charge in [0.05, 0.1) is 5.02 Å². The Bertz CT molecular complexity index is 756. The molecule has 6 heteroatoms. The fourth-order valence-corrected chi connectivity index (χ4v) is 1.82. The van der Waals surface area contributed by atoms with E-state index in [4.69, 9.17) is 16.1 Å². The second-order valence-electron chi connectivity index (χ2n) is 4.10. The fourth-order valence-electron chi connectivity index (χ4n) is 1.70. The van der Waals surface area contributed by atoms with Crippen molar-refractivity contribution in [1.29, 1.82) is 0 Å². The van der Waals surface area contributed by atoms with Gasteiger partial charge in [-0.2, -0.15) is 4.98 Å². The zero-order valence-electron chi connectivity index (χ0n) is 10.0. The highest BCUT2D eigenvalue weighted by atomic mass is 35.5. The molecular formula is C14H8ClFN2O2. The van der Waals surface area contributed by atoms with E-state index < -0.39 is 5.82 Å². The fraction of sp³-hybridized carbons (Fsp3) is 0. The SMILES string of the molecule is Oc1ccc(-c2noc(-c3ccc(Cl)c(F)c3)n2)cc1. The topological polar surface area (TPSA) is 59.2 Å². The highest BCUT2D eigenvalue weighted by Gasteiger charge is 2.12. The number of rotatable bonds is 2. The van der Waals surface area contributed by atoms with E-state index in [1.54, 1.807) is 18.2 Å². The van der Waals surface area contributed by atoms with Crippen LogP contribution < -0.4 is 0 Å². The lowest BCUT2D eigenvalue weighted by atomic mass is 10.2. The number of phenolic OH excluding ortho intramolecular Hbond substituents is 1. The molecule has 1 N–H and O–H groups in total. The number of hydrogen-bond acceptors (Lipinski definition) is 4. The smallest absolute Gasteiger partial charge is 0.258 e. The summed E-state index contributed by atoms with van der Waals surface area (Å²) >= 11 is 5.62. The van der Waals surface area contributed by atoms with Crippen molar-refractivity contribution in [3.63, 3.8) is 0 Å². The summed E-state index contributed by atoms with van der Waals surface area (Å²) in [5.74, 6) is 0.157. The maximum Gasteiger partial charge on any atom is 0.258 e. The van der Waals surface area contributed by atoms with Crippen LogP contribution in [0.3, 0.4) is 0 Å². The quantitative estimate of drug-likeness (QED) is 0.777. The summed E-state index contributed by atoms with van der Waals surface area (Å²) in [4.78, 5) is 4.18. The molecule has 20 heavy (non-hydrogen) atoms. The first-order chi connectivity index (χ1) is 9.63. The summed E-state index contributed by atoms with van der Waals surface area (Å²) in [5, 5.41) is 13.1. The maximum absolute atomic E-state index is 13.4. The molecule has 0 fully saturated rings. The van der Waals surface area contributed by atoms with Crippen LogP contribution in [0, 0.1) is 5.82 Å². The lowest BCUT2D eigenvalue weighted by Gasteiger charge is -1.96. The third kappa shape index (κ3) is 2.35. The molecule has 0 unspecified atom stereocenters. The Morgan fingerprint density at radius 2 is 1.75 bits per heavy atom. The average Bonchev–Trinajstić information content (AvgIpc) is 2.92. The molecule has 1 heterocycles. The van der Waals surface area contributed by atoms with Gasteiger partial charge in [0.15, 0.2) is 0 Å². The van der Waals surface area contributed by atoms with Crippen molar-refractivity contribution in [1.82, 2.24) is 10.1 Å². The summed E-state index contributed by atoms with van der Waals surface area (Å²) in [6.07, 6.45) is 0. The normalized spacial score (nSPS) is 10.7. The second-order valence-corrected chi connectivity index (χ2v) is 4.51. The zero-order valence-corrected chi connectivity index (χ0v) is 10.8. The summed E-state index contributed by atoms with van der Waals surface area (Å²) in [6.45, 7) is 0. The van der Waals surface area contributed by atoms with Crippen molar-refractivity contribution in [3.05, 3.63) is 53.3 Å². The van der Waals surface area contributed by atoms with Crippen LogP contribution in [0.5, 0.6) is 5.75 Å². The minimum absolute atomic E-state index is 0.0343. The number of halogens is 2. The van der Waals surface area contributed by atoms with Gasteiger partial charge in [0.1, 0.15) is 11.6 Å². The molecule has 3 rings (SSSR count). The lowest BCUT2D eigenvalue weighted by molar-refractivity contribution is 0.432. The van der Waals surface area contributed by atoms with Gasteiger partial charge in [-0.05, 0) is 42.5 Å². The largest absolute Gasteiger partial charge is 0.508 e. The van der Waals surface area contributed by atoms with E-state index in [1.807, 2.05) is 0 Å². The molecule has 3 aromatic rings. The van der Waals surface area contributed by atoms with Crippen molar-refractivity contribution < 1.29 is 14.0 Å². The van der Waals surface area contributed by atoms with Crippen molar-refractivity contribution >= 4 is 11.6 Å². The number of aromatic nitrogens is 2. The first-order valence-corrected chi connectivity index (χ1v) is 6.10. The predicted molar refractivity (Wildman–Crippen MR) is 71.8 cm³/mol. The number of nitrogens with zero attached hydrogens (tertiary/aromatic N) is 2. The van der Waals surface area contributed by atoms with Gasteiger partial charge in [0.2, 0.25) is 5.82 Å². The summed E-state index contributed by atoms with van der Waals surface area (Å²) in [5.41, 5.74) is 1.14. The number of hydrogen-bond donors (Lipinski definition) is 1. The molecule has 4 nitrogen and oxygen atoms in total. The Kier molecular flexibility index (Phi) is 3.12. The van der Waals surface area contributed by atoms with Gasteiger partial charge in [-0.25, -0.2) is 4.39 Å².